The van der Waals surface area contributed by atoms with Gasteiger partial charge in [0.25, 0.3) is 5.91 Å². The van der Waals surface area contributed by atoms with Crippen LogP contribution in [0.4, 0.5) is 5.69 Å². The highest BCUT2D eigenvalue weighted by molar-refractivity contribution is 6.03. The van der Waals surface area contributed by atoms with E-state index in [9.17, 15) is 4.79 Å². The Morgan fingerprint density at radius 2 is 2.13 bits per heavy atom. The zero-order valence-corrected chi connectivity index (χ0v) is 8.21. The fourth-order valence-electron chi connectivity index (χ4n) is 1.19. The van der Waals surface area contributed by atoms with Crippen molar-refractivity contribution in [2.24, 2.45) is 7.05 Å². The normalized spacial score (nSPS) is 9.93. The first-order valence-electron chi connectivity index (χ1n) is 4.46. The van der Waals surface area contributed by atoms with E-state index in [1.165, 1.54) is 0 Å². The van der Waals surface area contributed by atoms with E-state index < -0.39 is 0 Å². The molecule has 2 aromatic heterocycles. The second kappa shape index (κ2) is 3.91. The number of nitrogens with zero attached hydrogens (tertiary/aromatic N) is 3. The van der Waals surface area contributed by atoms with Gasteiger partial charge in [0.2, 0.25) is 0 Å². The minimum atomic E-state index is -0.162. The first-order valence-corrected chi connectivity index (χ1v) is 4.46. The summed E-state index contributed by atoms with van der Waals surface area (Å²) in [5, 5.41) is 6.68. The number of anilines is 1. The lowest BCUT2D eigenvalue weighted by atomic mass is 10.2. The third-order valence-corrected chi connectivity index (χ3v) is 1.91. The van der Waals surface area contributed by atoms with Gasteiger partial charge < -0.3 is 5.32 Å². The molecule has 0 radical (unpaired) electrons. The molecule has 2 aromatic rings. The lowest BCUT2D eigenvalue weighted by molar-refractivity contribution is 0.102. The number of carbonyl (C=O) groups excluding carboxylic acids is 1. The molecule has 76 valence electrons. The minimum absolute atomic E-state index is 0.162. The summed E-state index contributed by atoms with van der Waals surface area (Å²) in [6, 6.07) is 3.32. The Bertz CT molecular complexity index is 463. The van der Waals surface area contributed by atoms with Crippen LogP contribution >= 0.6 is 0 Å². The van der Waals surface area contributed by atoms with Crippen LogP contribution in [-0.4, -0.2) is 20.7 Å². The van der Waals surface area contributed by atoms with Gasteiger partial charge in [0.05, 0.1) is 11.9 Å². The predicted octanol–water partition coefficient (Wildman–Crippen LogP) is 1.07. The van der Waals surface area contributed by atoms with Crippen LogP contribution in [0.1, 0.15) is 10.4 Å². The Morgan fingerprint density at radius 1 is 1.40 bits per heavy atom. The topological polar surface area (TPSA) is 59.8 Å². The lowest BCUT2D eigenvalue weighted by Gasteiger charge is -2.00. The number of aryl methyl sites for hydroxylation is 1. The van der Waals surface area contributed by atoms with E-state index >= 15 is 0 Å². The number of nitrogens with one attached hydrogen (secondary N) is 1. The summed E-state index contributed by atoms with van der Waals surface area (Å²) >= 11 is 0. The number of amides is 1. The summed E-state index contributed by atoms with van der Waals surface area (Å²) in [6.45, 7) is 0. The van der Waals surface area contributed by atoms with Crippen LogP contribution in [0, 0.1) is 0 Å². The molecule has 0 aliphatic rings. The second-order valence-corrected chi connectivity index (χ2v) is 3.09. The minimum Gasteiger partial charge on any atom is -0.319 e. The first-order chi connectivity index (χ1) is 7.25. The molecule has 0 unspecified atom stereocenters. The largest absolute Gasteiger partial charge is 0.319 e. The average molecular weight is 202 g/mol. The van der Waals surface area contributed by atoms with E-state index in [1.54, 1.807) is 48.6 Å². The van der Waals surface area contributed by atoms with E-state index in [4.69, 9.17) is 0 Å². The van der Waals surface area contributed by atoms with Gasteiger partial charge in [-0.05, 0) is 12.1 Å². The zero-order valence-electron chi connectivity index (χ0n) is 8.21. The Kier molecular flexibility index (Phi) is 2.45. The highest BCUT2D eigenvalue weighted by Gasteiger charge is 2.05. The summed E-state index contributed by atoms with van der Waals surface area (Å²) in [6.07, 6.45) is 6.49. The number of hydrogen-bond acceptors (Lipinski definition) is 3. The molecule has 0 saturated heterocycles. The van der Waals surface area contributed by atoms with Gasteiger partial charge in [0.15, 0.2) is 0 Å². The molecule has 0 fully saturated rings. The van der Waals surface area contributed by atoms with Crippen molar-refractivity contribution in [3.63, 3.8) is 0 Å². The van der Waals surface area contributed by atoms with Crippen molar-refractivity contribution in [1.29, 1.82) is 0 Å². The number of rotatable bonds is 2. The average Bonchev–Trinajstić information content (AvgIpc) is 2.65. The van der Waals surface area contributed by atoms with Crippen molar-refractivity contribution in [1.82, 2.24) is 14.8 Å². The van der Waals surface area contributed by atoms with E-state index in [2.05, 4.69) is 15.4 Å². The van der Waals surface area contributed by atoms with Crippen molar-refractivity contribution in [3.05, 3.63) is 42.5 Å². The molecule has 2 rings (SSSR count). The van der Waals surface area contributed by atoms with Gasteiger partial charge in [-0.15, -0.1) is 0 Å². The molecule has 2 heterocycles. The van der Waals surface area contributed by atoms with Crippen LogP contribution in [0.2, 0.25) is 0 Å². The fourth-order valence-corrected chi connectivity index (χ4v) is 1.19. The molecular formula is C10H10N4O. The van der Waals surface area contributed by atoms with Crippen molar-refractivity contribution in [3.8, 4) is 0 Å². The van der Waals surface area contributed by atoms with Crippen LogP contribution < -0.4 is 5.32 Å². The third-order valence-electron chi connectivity index (χ3n) is 1.91. The number of aromatic nitrogens is 3. The molecule has 15 heavy (non-hydrogen) atoms. The van der Waals surface area contributed by atoms with Crippen molar-refractivity contribution >= 4 is 11.6 Å². The molecule has 0 aliphatic heterocycles. The van der Waals surface area contributed by atoms with E-state index in [-0.39, 0.29) is 5.91 Å². The molecular weight excluding hydrogens is 192 g/mol. The fraction of sp³-hybridized carbons (Fsp3) is 0.100. The number of hydrogen-bond donors (Lipinski definition) is 1. The predicted molar refractivity (Wildman–Crippen MR) is 55.4 cm³/mol. The molecule has 5 nitrogen and oxygen atoms in total. The summed E-state index contributed by atoms with van der Waals surface area (Å²) in [7, 11) is 1.79. The van der Waals surface area contributed by atoms with Crippen LogP contribution in [0.3, 0.4) is 0 Å². The molecule has 0 spiro atoms. The molecule has 0 aliphatic carbocycles. The van der Waals surface area contributed by atoms with Gasteiger partial charge >= 0.3 is 0 Å². The smallest absolute Gasteiger partial charge is 0.255 e. The molecule has 5 heteroatoms. The maximum absolute atomic E-state index is 11.6. The zero-order chi connectivity index (χ0) is 10.7. The second-order valence-electron chi connectivity index (χ2n) is 3.09. The van der Waals surface area contributed by atoms with Crippen LogP contribution in [-0.2, 0) is 7.05 Å². The van der Waals surface area contributed by atoms with E-state index in [0.29, 0.717) is 11.3 Å². The summed E-state index contributed by atoms with van der Waals surface area (Å²) in [5.41, 5.74) is 1.26. The lowest BCUT2D eigenvalue weighted by Crippen LogP contribution is -2.11. The standard InChI is InChI=1S/C10H10N4O/c1-14-7-9(6-12-14)13-10(15)8-2-4-11-5-3-8/h2-7H,1H3,(H,13,15). The van der Waals surface area contributed by atoms with Crippen molar-refractivity contribution in [2.75, 3.05) is 5.32 Å². The first kappa shape index (κ1) is 9.39. The monoisotopic (exact) mass is 202 g/mol. The van der Waals surface area contributed by atoms with Gasteiger partial charge in [-0.3, -0.25) is 14.5 Å². The van der Waals surface area contributed by atoms with Crippen molar-refractivity contribution < 1.29 is 4.79 Å². The van der Waals surface area contributed by atoms with E-state index in [1.807, 2.05) is 0 Å². The maximum atomic E-state index is 11.6. The van der Waals surface area contributed by atoms with Crippen LogP contribution in [0.25, 0.3) is 0 Å². The van der Waals surface area contributed by atoms with Gasteiger partial charge in [-0.25, -0.2) is 0 Å². The third kappa shape index (κ3) is 2.19. The Hall–Kier alpha value is -2.17. The number of carbonyl (C=O) groups is 1. The summed E-state index contributed by atoms with van der Waals surface area (Å²) in [4.78, 5) is 15.5. The van der Waals surface area contributed by atoms with Crippen LogP contribution in [0.5, 0.6) is 0 Å². The quantitative estimate of drug-likeness (QED) is 0.792. The SMILES string of the molecule is Cn1cc(NC(=O)c2ccncc2)cn1. The number of pyridine rings is 1. The Balaban J connectivity index is 2.11. The highest BCUT2D eigenvalue weighted by atomic mass is 16.1. The van der Waals surface area contributed by atoms with Gasteiger partial charge in [0, 0.05) is 31.2 Å². The van der Waals surface area contributed by atoms with Gasteiger partial charge in [-0.2, -0.15) is 5.10 Å². The summed E-state index contributed by atoms with van der Waals surface area (Å²) < 4.78 is 1.63. The molecule has 1 N–H and O–H groups in total. The maximum Gasteiger partial charge on any atom is 0.255 e. The van der Waals surface area contributed by atoms with Gasteiger partial charge in [-0.1, -0.05) is 0 Å². The Labute approximate surface area is 86.8 Å². The van der Waals surface area contributed by atoms with Crippen molar-refractivity contribution in [2.45, 2.75) is 0 Å². The molecule has 1 amide bonds. The Morgan fingerprint density at radius 3 is 2.73 bits per heavy atom. The summed E-state index contributed by atoms with van der Waals surface area (Å²) in [5.74, 6) is -0.162. The molecule has 0 bridgehead atoms. The van der Waals surface area contributed by atoms with E-state index in [0.717, 1.165) is 0 Å². The van der Waals surface area contributed by atoms with Crippen LogP contribution in [0.15, 0.2) is 36.9 Å². The molecule has 0 saturated carbocycles. The molecule has 0 atom stereocenters. The molecule has 0 aromatic carbocycles. The van der Waals surface area contributed by atoms with Gasteiger partial charge in [0.1, 0.15) is 0 Å². The highest BCUT2D eigenvalue weighted by Crippen LogP contribution is 2.06.